The van der Waals surface area contributed by atoms with Crippen molar-refractivity contribution in [3.63, 3.8) is 0 Å². The Hall–Kier alpha value is -2.86. The molecule has 4 N–H and O–H groups in total. The van der Waals surface area contributed by atoms with Crippen LogP contribution < -0.4 is 16.4 Å². The van der Waals surface area contributed by atoms with Crippen LogP contribution in [0.25, 0.3) is 0 Å². The Morgan fingerprint density at radius 2 is 1.83 bits per heavy atom. The van der Waals surface area contributed by atoms with Gasteiger partial charge in [-0.3, -0.25) is 9.69 Å². The molecule has 0 atom stereocenters. The molecule has 0 aliphatic carbocycles. The molecule has 1 aliphatic heterocycles. The highest BCUT2D eigenvalue weighted by molar-refractivity contribution is 5.92. The van der Waals surface area contributed by atoms with Gasteiger partial charge < -0.3 is 16.4 Å². The molecule has 0 aromatic heterocycles. The highest BCUT2D eigenvalue weighted by atomic mass is 16.1. The SMILES string of the molecule is CCNC(=NCc1cccc(C(N)=O)c1)NC1CCN(Cc2ccccc2)CC1. The maximum atomic E-state index is 11.4. The van der Waals surface area contributed by atoms with Gasteiger partial charge in [0, 0.05) is 37.8 Å². The third kappa shape index (κ3) is 6.61. The Balaban J connectivity index is 1.52. The number of rotatable bonds is 7. The van der Waals surface area contributed by atoms with Gasteiger partial charge in [0.05, 0.1) is 6.54 Å². The second kappa shape index (κ2) is 10.6. The third-order valence-electron chi connectivity index (χ3n) is 5.15. The van der Waals surface area contributed by atoms with E-state index in [0.29, 0.717) is 18.2 Å². The highest BCUT2D eigenvalue weighted by Crippen LogP contribution is 2.14. The number of aliphatic imine (C=N–C) groups is 1. The Morgan fingerprint density at radius 3 is 2.52 bits per heavy atom. The number of amides is 1. The van der Waals surface area contributed by atoms with Crippen molar-refractivity contribution in [1.29, 1.82) is 0 Å². The van der Waals surface area contributed by atoms with E-state index in [1.807, 2.05) is 12.1 Å². The van der Waals surface area contributed by atoms with E-state index >= 15 is 0 Å². The lowest BCUT2D eigenvalue weighted by molar-refractivity contribution is 0.1000. The fourth-order valence-corrected chi connectivity index (χ4v) is 3.58. The van der Waals surface area contributed by atoms with Gasteiger partial charge >= 0.3 is 0 Å². The first-order chi connectivity index (χ1) is 14.1. The fraction of sp³-hybridized carbons (Fsp3) is 0.391. The van der Waals surface area contributed by atoms with Crippen LogP contribution in [0, 0.1) is 0 Å². The van der Waals surface area contributed by atoms with E-state index in [9.17, 15) is 4.79 Å². The van der Waals surface area contributed by atoms with Crippen LogP contribution in [0.15, 0.2) is 59.6 Å². The number of nitrogens with one attached hydrogen (secondary N) is 2. The summed E-state index contributed by atoms with van der Waals surface area (Å²) in [6, 6.07) is 18.4. The first-order valence-electron chi connectivity index (χ1n) is 10.3. The Kier molecular flexibility index (Phi) is 7.64. The lowest BCUT2D eigenvalue weighted by atomic mass is 10.0. The van der Waals surface area contributed by atoms with Gasteiger partial charge in [-0.1, -0.05) is 42.5 Å². The molecule has 29 heavy (non-hydrogen) atoms. The zero-order valence-electron chi connectivity index (χ0n) is 17.1. The normalized spacial score (nSPS) is 15.8. The summed E-state index contributed by atoms with van der Waals surface area (Å²) in [7, 11) is 0. The van der Waals surface area contributed by atoms with Crippen molar-refractivity contribution in [1.82, 2.24) is 15.5 Å². The van der Waals surface area contributed by atoms with E-state index in [2.05, 4.69) is 52.8 Å². The van der Waals surface area contributed by atoms with Crippen LogP contribution in [0.3, 0.4) is 0 Å². The number of nitrogens with two attached hydrogens (primary N) is 1. The van der Waals surface area contributed by atoms with Crippen molar-refractivity contribution in [2.75, 3.05) is 19.6 Å². The molecule has 6 heteroatoms. The summed E-state index contributed by atoms with van der Waals surface area (Å²) >= 11 is 0. The average molecular weight is 394 g/mol. The number of benzene rings is 2. The number of hydrogen-bond donors (Lipinski definition) is 3. The number of piperidine rings is 1. The topological polar surface area (TPSA) is 82.7 Å². The number of likely N-dealkylation sites (tertiary alicyclic amines) is 1. The highest BCUT2D eigenvalue weighted by Gasteiger charge is 2.20. The molecular formula is C23H31N5O. The van der Waals surface area contributed by atoms with Gasteiger partial charge in [-0.15, -0.1) is 0 Å². The summed E-state index contributed by atoms with van der Waals surface area (Å²) in [5.74, 6) is 0.404. The predicted molar refractivity (Wildman–Crippen MR) is 118 cm³/mol. The van der Waals surface area contributed by atoms with Crippen LogP contribution in [0.1, 0.15) is 41.3 Å². The number of primary amides is 1. The molecule has 1 amide bonds. The Bertz CT molecular complexity index is 813. The van der Waals surface area contributed by atoms with Crippen LogP contribution >= 0.6 is 0 Å². The largest absolute Gasteiger partial charge is 0.366 e. The molecule has 0 unspecified atom stereocenters. The standard InChI is InChI=1S/C23H31N5O/c1-2-25-23(26-16-19-9-6-10-20(15-19)22(24)29)27-21-11-13-28(14-12-21)17-18-7-4-3-5-8-18/h3-10,15,21H,2,11-14,16-17H2,1H3,(H2,24,29)(H2,25,26,27). The summed E-state index contributed by atoms with van der Waals surface area (Å²) in [4.78, 5) is 18.6. The van der Waals surface area contributed by atoms with Gasteiger partial charge in [0.15, 0.2) is 5.96 Å². The Morgan fingerprint density at radius 1 is 1.10 bits per heavy atom. The predicted octanol–water partition coefficient (Wildman–Crippen LogP) is 2.51. The molecule has 0 saturated carbocycles. The average Bonchev–Trinajstić information content (AvgIpc) is 2.74. The molecule has 3 rings (SSSR count). The molecule has 2 aromatic carbocycles. The van der Waals surface area contributed by atoms with Gasteiger partial charge in [0.2, 0.25) is 5.91 Å². The molecule has 1 fully saturated rings. The van der Waals surface area contributed by atoms with Crippen LogP contribution in [-0.4, -0.2) is 42.4 Å². The van der Waals surface area contributed by atoms with Crippen molar-refractivity contribution in [2.45, 2.75) is 38.9 Å². The van der Waals surface area contributed by atoms with Gasteiger partial charge in [0.25, 0.3) is 0 Å². The first kappa shape index (κ1) is 20.9. The lowest BCUT2D eigenvalue weighted by Crippen LogP contribution is -2.48. The van der Waals surface area contributed by atoms with E-state index in [1.165, 1.54) is 5.56 Å². The van der Waals surface area contributed by atoms with E-state index < -0.39 is 5.91 Å². The zero-order chi connectivity index (χ0) is 20.5. The molecule has 1 aliphatic rings. The summed E-state index contributed by atoms with van der Waals surface area (Å²) in [5, 5.41) is 6.89. The third-order valence-corrected chi connectivity index (χ3v) is 5.15. The number of carbonyl (C=O) groups is 1. The summed E-state index contributed by atoms with van der Waals surface area (Å²) in [6.45, 7) is 6.54. The van der Waals surface area contributed by atoms with Gasteiger partial charge in [-0.05, 0) is 43.0 Å². The minimum absolute atomic E-state index is 0.414. The fourth-order valence-electron chi connectivity index (χ4n) is 3.58. The van der Waals surface area contributed by atoms with E-state index in [0.717, 1.165) is 50.5 Å². The first-order valence-corrected chi connectivity index (χ1v) is 10.3. The van der Waals surface area contributed by atoms with Crippen molar-refractivity contribution in [3.8, 4) is 0 Å². The van der Waals surface area contributed by atoms with Crippen molar-refractivity contribution in [2.24, 2.45) is 10.7 Å². The van der Waals surface area contributed by atoms with E-state index in [1.54, 1.807) is 12.1 Å². The maximum absolute atomic E-state index is 11.4. The number of hydrogen-bond acceptors (Lipinski definition) is 3. The number of nitrogens with zero attached hydrogens (tertiary/aromatic N) is 2. The molecule has 154 valence electrons. The van der Waals surface area contributed by atoms with Crippen LogP contribution in [0.4, 0.5) is 0 Å². The quantitative estimate of drug-likeness (QED) is 0.499. The van der Waals surface area contributed by atoms with Crippen LogP contribution in [-0.2, 0) is 13.1 Å². The van der Waals surface area contributed by atoms with Gasteiger partial charge in [0.1, 0.15) is 0 Å². The van der Waals surface area contributed by atoms with Crippen LogP contribution in [0.5, 0.6) is 0 Å². The summed E-state index contributed by atoms with van der Waals surface area (Å²) in [5.41, 5.74) is 8.22. The minimum atomic E-state index is -0.414. The Labute approximate surface area is 173 Å². The van der Waals surface area contributed by atoms with Crippen molar-refractivity contribution in [3.05, 3.63) is 71.3 Å². The molecule has 0 bridgehead atoms. The molecule has 6 nitrogen and oxygen atoms in total. The molecule has 1 saturated heterocycles. The molecule has 1 heterocycles. The zero-order valence-corrected chi connectivity index (χ0v) is 17.1. The number of carbonyl (C=O) groups excluding carboxylic acids is 1. The van der Waals surface area contributed by atoms with E-state index in [-0.39, 0.29) is 0 Å². The van der Waals surface area contributed by atoms with Gasteiger partial charge in [-0.2, -0.15) is 0 Å². The van der Waals surface area contributed by atoms with Crippen molar-refractivity contribution >= 4 is 11.9 Å². The number of guanidine groups is 1. The van der Waals surface area contributed by atoms with E-state index in [4.69, 9.17) is 10.7 Å². The summed E-state index contributed by atoms with van der Waals surface area (Å²) in [6.07, 6.45) is 2.18. The van der Waals surface area contributed by atoms with Crippen LogP contribution in [0.2, 0.25) is 0 Å². The van der Waals surface area contributed by atoms with Gasteiger partial charge in [-0.25, -0.2) is 4.99 Å². The summed E-state index contributed by atoms with van der Waals surface area (Å²) < 4.78 is 0. The molecule has 0 spiro atoms. The molecular weight excluding hydrogens is 362 g/mol. The monoisotopic (exact) mass is 393 g/mol. The lowest BCUT2D eigenvalue weighted by Gasteiger charge is -2.33. The second-order valence-corrected chi connectivity index (χ2v) is 7.44. The molecule has 2 aromatic rings. The maximum Gasteiger partial charge on any atom is 0.248 e. The smallest absolute Gasteiger partial charge is 0.248 e. The molecule has 0 radical (unpaired) electrons. The minimum Gasteiger partial charge on any atom is -0.366 e. The van der Waals surface area contributed by atoms with Crippen molar-refractivity contribution < 1.29 is 4.79 Å². The second-order valence-electron chi connectivity index (χ2n) is 7.44.